The monoisotopic (exact) mass is 427 g/mol. The van der Waals surface area contributed by atoms with Crippen molar-refractivity contribution in [3.63, 3.8) is 0 Å². The number of likely N-dealkylation sites (tertiary alicyclic amines) is 1. The van der Waals surface area contributed by atoms with Gasteiger partial charge in [0.15, 0.2) is 5.78 Å². The first-order valence-corrected chi connectivity index (χ1v) is 11.8. The Labute approximate surface area is 189 Å². The first-order chi connectivity index (χ1) is 15.5. The number of H-pyrrole nitrogens is 1. The lowest BCUT2D eigenvalue weighted by Crippen LogP contribution is -2.51. The van der Waals surface area contributed by atoms with Crippen molar-refractivity contribution in [2.45, 2.75) is 56.9 Å². The van der Waals surface area contributed by atoms with Crippen molar-refractivity contribution in [3.8, 4) is 6.07 Å². The SMILES string of the molecule is CC1(C)c2cc(C3CCN(C4COC4)CC3)ccc2Cc2c1[nH]c1c2C(=O)CC(C#N)=C1. The van der Waals surface area contributed by atoms with Gasteiger partial charge in [0.2, 0.25) is 0 Å². The molecule has 1 aromatic heterocycles. The molecule has 0 amide bonds. The van der Waals surface area contributed by atoms with Crippen LogP contribution in [-0.4, -0.2) is 48.0 Å². The number of carbonyl (C=O) groups excluding carboxylic acids is 1. The van der Waals surface area contributed by atoms with Crippen LogP contribution in [0.25, 0.3) is 6.08 Å². The molecule has 0 bridgehead atoms. The number of hydrogen-bond acceptors (Lipinski definition) is 4. The highest BCUT2D eigenvalue weighted by Gasteiger charge is 2.39. The van der Waals surface area contributed by atoms with E-state index in [4.69, 9.17) is 4.74 Å². The molecule has 1 N–H and O–H groups in total. The maximum absolute atomic E-state index is 12.8. The minimum Gasteiger partial charge on any atom is -0.378 e. The molecule has 2 fully saturated rings. The number of Topliss-reactive ketones (excluding diaryl/α,β-unsaturated/α-hetero) is 1. The van der Waals surface area contributed by atoms with Crippen molar-refractivity contribution in [1.82, 2.24) is 9.88 Å². The van der Waals surface area contributed by atoms with Gasteiger partial charge in [0.1, 0.15) is 0 Å². The Kier molecular flexibility index (Phi) is 4.47. The minimum atomic E-state index is -0.207. The van der Waals surface area contributed by atoms with Gasteiger partial charge in [0.25, 0.3) is 0 Å². The molecular weight excluding hydrogens is 398 g/mol. The van der Waals surface area contributed by atoms with Crippen molar-refractivity contribution in [1.29, 1.82) is 5.26 Å². The average molecular weight is 428 g/mol. The van der Waals surface area contributed by atoms with Gasteiger partial charge in [-0.15, -0.1) is 0 Å². The van der Waals surface area contributed by atoms with E-state index < -0.39 is 0 Å². The van der Waals surface area contributed by atoms with Gasteiger partial charge in [-0.2, -0.15) is 5.26 Å². The zero-order chi connectivity index (χ0) is 22.0. The lowest BCUT2D eigenvalue weighted by molar-refractivity contribution is -0.0712. The third-order valence-corrected chi connectivity index (χ3v) is 8.16. The molecule has 6 rings (SSSR count). The summed E-state index contributed by atoms with van der Waals surface area (Å²) < 4.78 is 5.38. The van der Waals surface area contributed by atoms with Crippen LogP contribution < -0.4 is 0 Å². The number of fused-ring (bicyclic) bond motifs is 4. The second-order valence-electron chi connectivity index (χ2n) is 10.4. The molecule has 5 heteroatoms. The van der Waals surface area contributed by atoms with Gasteiger partial charge in [-0.25, -0.2) is 0 Å². The molecule has 0 radical (unpaired) electrons. The second-order valence-corrected chi connectivity index (χ2v) is 10.4. The van der Waals surface area contributed by atoms with Gasteiger partial charge in [0.05, 0.1) is 31.0 Å². The molecule has 0 saturated carbocycles. The topological polar surface area (TPSA) is 69.1 Å². The zero-order valence-electron chi connectivity index (χ0n) is 18.8. The molecular formula is C27H29N3O2. The van der Waals surface area contributed by atoms with Gasteiger partial charge in [-0.05, 0) is 60.2 Å². The number of ketones is 1. The van der Waals surface area contributed by atoms with Crippen LogP contribution in [0.4, 0.5) is 0 Å². The van der Waals surface area contributed by atoms with E-state index in [1.54, 1.807) is 0 Å². The number of nitriles is 1. The fourth-order valence-corrected chi connectivity index (χ4v) is 6.20. The lowest BCUT2D eigenvalue weighted by atomic mass is 9.70. The van der Waals surface area contributed by atoms with Gasteiger partial charge in [0, 0.05) is 35.1 Å². The molecule has 32 heavy (non-hydrogen) atoms. The van der Waals surface area contributed by atoms with Crippen molar-refractivity contribution >= 4 is 11.9 Å². The Morgan fingerprint density at radius 1 is 1.19 bits per heavy atom. The number of allylic oxidation sites excluding steroid dienone is 1. The number of hydrogen-bond donors (Lipinski definition) is 1. The number of aromatic amines is 1. The fraction of sp³-hybridized carbons (Fsp3) is 0.481. The summed E-state index contributed by atoms with van der Waals surface area (Å²) in [7, 11) is 0. The smallest absolute Gasteiger partial charge is 0.170 e. The van der Waals surface area contributed by atoms with E-state index in [2.05, 4.69) is 48.0 Å². The third kappa shape index (κ3) is 2.93. The molecule has 2 saturated heterocycles. The molecule has 0 spiro atoms. The Balaban J connectivity index is 1.32. The van der Waals surface area contributed by atoms with Crippen LogP contribution in [0.2, 0.25) is 0 Å². The normalized spacial score (nSPS) is 22.9. The van der Waals surface area contributed by atoms with Crippen LogP contribution in [0.5, 0.6) is 0 Å². The Bertz CT molecular complexity index is 1180. The summed E-state index contributed by atoms with van der Waals surface area (Å²) in [6, 6.07) is 9.85. The maximum atomic E-state index is 12.8. The summed E-state index contributed by atoms with van der Waals surface area (Å²) >= 11 is 0. The number of aromatic nitrogens is 1. The maximum Gasteiger partial charge on any atom is 0.170 e. The summed E-state index contributed by atoms with van der Waals surface area (Å²) in [6.07, 6.45) is 5.26. The van der Waals surface area contributed by atoms with Crippen LogP contribution in [0.1, 0.15) is 83.0 Å². The van der Waals surface area contributed by atoms with E-state index in [1.807, 2.05) is 6.08 Å². The molecule has 1 aromatic carbocycles. The molecule has 0 atom stereocenters. The number of rotatable bonds is 2. The fourth-order valence-electron chi connectivity index (χ4n) is 6.20. The number of piperidine rings is 1. The van der Waals surface area contributed by atoms with E-state index in [-0.39, 0.29) is 17.6 Å². The number of carbonyl (C=O) groups is 1. The highest BCUT2D eigenvalue weighted by molar-refractivity contribution is 6.06. The predicted molar refractivity (Wildman–Crippen MR) is 123 cm³/mol. The quantitative estimate of drug-likeness (QED) is 0.775. The van der Waals surface area contributed by atoms with Crippen LogP contribution in [-0.2, 0) is 16.6 Å². The van der Waals surface area contributed by atoms with Crippen LogP contribution in [0.15, 0.2) is 23.8 Å². The lowest BCUT2D eigenvalue weighted by Gasteiger charge is -2.42. The van der Waals surface area contributed by atoms with E-state index in [9.17, 15) is 10.1 Å². The number of nitrogens with zero attached hydrogens (tertiary/aromatic N) is 2. The van der Waals surface area contributed by atoms with Crippen LogP contribution >= 0.6 is 0 Å². The second kappa shape index (κ2) is 7.16. The highest BCUT2D eigenvalue weighted by atomic mass is 16.5. The summed E-state index contributed by atoms with van der Waals surface area (Å²) in [5.74, 6) is 0.672. The Morgan fingerprint density at radius 2 is 1.97 bits per heavy atom. The molecule has 2 aliphatic heterocycles. The number of ether oxygens (including phenoxy) is 1. The average Bonchev–Trinajstić information content (AvgIpc) is 3.13. The van der Waals surface area contributed by atoms with Crippen molar-refractivity contribution in [2.24, 2.45) is 0 Å². The molecule has 5 nitrogen and oxygen atoms in total. The Morgan fingerprint density at radius 3 is 2.66 bits per heavy atom. The van der Waals surface area contributed by atoms with Crippen molar-refractivity contribution in [3.05, 3.63) is 63.0 Å². The van der Waals surface area contributed by atoms with Gasteiger partial charge in [-0.1, -0.05) is 32.0 Å². The summed E-state index contributed by atoms with van der Waals surface area (Å²) in [5.41, 5.74) is 8.34. The highest BCUT2D eigenvalue weighted by Crippen LogP contribution is 2.45. The first kappa shape index (κ1) is 20.0. The molecule has 4 aliphatic rings. The first-order valence-electron chi connectivity index (χ1n) is 11.8. The minimum absolute atomic E-state index is 0.0658. The number of benzene rings is 1. The molecule has 0 unspecified atom stereocenters. The molecule has 164 valence electrons. The van der Waals surface area contributed by atoms with Gasteiger partial charge >= 0.3 is 0 Å². The van der Waals surface area contributed by atoms with Gasteiger partial charge in [-0.3, -0.25) is 9.69 Å². The molecule has 2 aliphatic carbocycles. The third-order valence-electron chi connectivity index (χ3n) is 8.16. The summed E-state index contributed by atoms with van der Waals surface area (Å²) in [6.45, 7) is 8.62. The zero-order valence-corrected chi connectivity index (χ0v) is 18.8. The predicted octanol–water partition coefficient (Wildman–Crippen LogP) is 4.32. The van der Waals surface area contributed by atoms with E-state index in [0.717, 1.165) is 55.2 Å². The van der Waals surface area contributed by atoms with Gasteiger partial charge < -0.3 is 9.72 Å². The molecule has 2 aromatic rings. The van der Waals surface area contributed by atoms with Crippen molar-refractivity contribution < 1.29 is 9.53 Å². The van der Waals surface area contributed by atoms with Crippen LogP contribution in [0, 0.1) is 11.3 Å². The number of nitrogens with one attached hydrogen (secondary N) is 1. The van der Waals surface area contributed by atoms with Crippen molar-refractivity contribution in [2.75, 3.05) is 26.3 Å². The standard InChI is InChI=1S/C27H29N3O2/c1-27(2)22-12-18(17-5-7-30(8-6-17)20-14-32-15-20)3-4-19(22)11-21-25-23(29-26(21)27)9-16(13-28)10-24(25)31/h3-4,9,12,17,20,29H,5-8,10-11,14-15H2,1-2H3. The molecule has 3 heterocycles. The summed E-state index contributed by atoms with van der Waals surface area (Å²) in [4.78, 5) is 19.0. The summed E-state index contributed by atoms with van der Waals surface area (Å²) in [5, 5.41) is 9.31. The van der Waals surface area contributed by atoms with E-state index in [1.165, 1.54) is 29.5 Å². The van der Waals surface area contributed by atoms with E-state index >= 15 is 0 Å². The van der Waals surface area contributed by atoms with E-state index in [0.29, 0.717) is 17.5 Å². The largest absolute Gasteiger partial charge is 0.378 e. The van der Waals surface area contributed by atoms with Crippen LogP contribution in [0.3, 0.4) is 0 Å². The Hall–Kier alpha value is -2.68.